The number of benzene rings is 3. The first-order valence-electron chi connectivity index (χ1n) is 9.64. The lowest BCUT2D eigenvalue weighted by atomic mass is 10.1. The predicted molar refractivity (Wildman–Crippen MR) is 132 cm³/mol. The topological polar surface area (TPSA) is 246 Å². The van der Waals surface area contributed by atoms with Crippen molar-refractivity contribution >= 4 is 72.4 Å². The number of rotatable bonds is 13. The van der Waals surface area contributed by atoms with Crippen molar-refractivity contribution in [3.05, 3.63) is 48.0 Å². The highest BCUT2D eigenvalue weighted by Crippen LogP contribution is 2.46. The van der Waals surface area contributed by atoms with E-state index in [0.717, 1.165) is 12.1 Å². The summed E-state index contributed by atoms with van der Waals surface area (Å²) in [7, 11) is -9.17. The Balaban J connectivity index is 1.79. The third-order valence-electron chi connectivity index (χ3n) is 4.37. The van der Waals surface area contributed by atoms with E-state index in [1.54, 1.807) is 24.3 Å². The van der Waals surface area contributed by atoms with Gasteiger partial charge in [0.1, 0.15) is 18.2 Å². The first-order chi connectivity index (χ1) is 17.9. The number of aromatic hydroxyl groups is 1. The molecule has 20 heteroatoms. The highest BCUT2D eigenvalue weighted by Gasteiger charge is 2.20. The molecule has 0 aliphatic heterocycles. The van der Waals surface area contributed by atoms with Crippen LogP contribution in [0.3, 0.4) is 0 Å². The summed E-state index contributed by atoms with van der Waals surface area (Å²) in [6, 6.07) is 9.63. The van der Waals surface area contributed by atoms with Gasteiger partial charge in [0.05, 0.1) is 39.6 Å². The third kappa shape index (κ3) is 8.45. The highest BCUT2D eigenvalue weighted by molar-refractivity contribution is 7.95. The average molecular weight is 612 g/mol. The Morgan fingerprint density at radius 3 is 2.32 bits per heavy atom. The molecule has 0 saturated heterocycles. The van der Waals surface area contributed by atoms with Crippen LogP contribution in [0.5, 0.6) is 5.75 Å². The number of hydrogen-bond acceptors (Lipinski definition) is 16. The van der Waals surface area contributed by atoms with Crippen LogP contribution in [0, 0.1) is 0 Å². The van der Waals surface area contributed by atoms with E-state index in [0.29, 0.717) is 35.3 Å². The molecule has 0 atom stereocenters. The molecule has 0 spiro atoms. The van der Waals surface area contributed by atoms with Crippen LogP contribution in [-0.2, 0) is 49.9 Å². The molecule has 16 nitrogen and oxygen atoms in total. The van der Waals surface area contributed by atoms with E-state index in [9.17, 15) is 26.5 Å². The molecule has 0 aromatic heterocycles. The van der Waals surface area contributed by atoms with Gasteiger partial charge in [-0.25, -0.2) is 14.3 Å². The fourth-order valence-corrected chi connectivity index (χ4v) is 4.69. The Hall–Kier alpha value is -2.60. The molecule has 3 aromatic rings. The summed E-state index contributed by atoms with van der Waals surface area (Å²) in [5.74, 6) is -1.02. The zero-order valence-corrected chi connectivity index (χ0v) is 21.8. The second kappa shape index (κ2) is 13.0. The van der Waals surface area contributed by atoms with Crippen LogP contribution in [0.25, 0.3) is 10.8 Å². The van der Waals surface area contributed by atoms with Crippen molar-refractivity contribution in [2.75, 3.05) is 11.7 Å². The Morgan fingerprint density at radius 2 is 1.68 bits per heavy atom. The molecule has 38 heavy (non-hydrogen) atoms. The van der Waals surface area contributed by atoms with Gasteiger partial charge in [0, 0.05) is 11.1 Å². The standard InChI is InChI=1S/C18H17N3O13S4/c19-14-7-13(37(24,25)26)5-11-6-15(36-34-32-23)17(18(22)16(11)14)21-20-12-3-1-10(2-4-12)8-30-33-35-9-31-38(27,28)29/h1-7,22-23H,8-9,19H2,(H,24,25,26)(H,27,28,29). The number of nitrogen functional groups attached to an aromatic ring is 1. The van der Waals surface area contributed by atoms with Gasteiger partial charge in [-0.3, -0.25) is 9.11 Å². The Labute approximate surface area is 223 Å². The van der Waals surface area contributed by atoms with Crippen molar-refractivity contribution in [3.63, 3.8) is 0 Å². The molecule has 0 unspecified atom stereocenters. The van der Waals surface area contributed by atoms with Gasteiger partial charge in [0.25, 0.3) is 10.1 Å². The molecule has 0 amide bonds. The Morgan fingerprint density at radius 1 is 0.974 bits per heavy atom. The summed E-state index contributed by atoms with van der Waals surface area (Å²) in [6.45, 7) is -0.0358. The van der Waals surface area contributed by atoms with Gasteiger partial charge in [-0.05, 0) is 41.3 Å². The molecular formula is C18H17N3O13S4. The summed E-state index contributed by atoms with van der Waals surface area (Å²) >= 11 is 0.913. The van der Waals surface area contributed by atoms with Crippen LogP contribution in [0.2, 0.25) is 0 Å². The number of fused-ring (bicyclic) bond motifs is 1. The van der Waals surface area contributed by atoms with Crippen molar-refractivity contribution in [1.29, 1.82) is 0 Å². The molecule has 0 saturated carbocycles. The number of nitrogens with two attached hydrogens (primary N) is 1. The van der Waals surface area contributed by atoms with Crippen molar-refractivity contribution < 1.29 is 59.1 Å². The molecular weight excluding hydrogens is 594 g/mol. The smallest absolute Gasteiger partial charge is 0.398 e. The minimum Gasteiger partial charge on any atom is -0.505 e. The molecule has 0 aliphatic carbocycles. The van der Waals surface area contributed by atoms with Gasteiger partial charge in [-0.15, -0.1) is 9.45 Å². The first kappa shape index (κ1) is 29.9. The van der Waals surface area contributed by atoms with Gasteiger partial charge < -0.3 is 10.8 Å². The Bertz CT molecular complexity index is 1530. The van der Waals surface area contributed by atoms with Gasteiger partial charge in [-0.2, -0.15) is 26.3 Å². The lowest BCUT2D eigenvalue weighted by Gasteiger charge is -2.12. The Kier molecular flexibility index (Phi) is 10.2. The van der Waals surface area contributed by atoms with Crippen LogP contribution < -0.4 is 5.73 Å². The van der Waals surface area contributed by atoms with Crippen LogP contribution in [0.4, 0.5) is 17.1 Å². The first-order valence-corrected chi connectivity index (χ1v) is 14.1. The van der Waals surface area contributed by atoms with Gasteiger partial charge >= 0.3 is 10.4 Å². The summed E-state index contributed by atoms with van der Waals surface area (Å²) < 4.78 is 74.7. The van der Waals surface area contributed by atoms with Gasteiger partial charge in [0.15, 0.2) is 5.75 Å². The van der Waals surface area contributed by atoms with Crippen molar-refractivity contribution in [2.24, 2.45) is 10.2 Å². The lowest BCUT2D eigenvalue weighted by molar-refractivity contribution is -0.432. The molecule has 0 aliphatic rings. The number of phenols is 1. The van der Waals surface area contributed by atoms with E-state index >= 15 is 0 Å². The van der Waals surface area contributed by atoms with E-state index in [4.69, 9.17) is 20.4 Å². The number of nitrogens with zero attached hydrogens (tertiary/aromatic N) is 2. The maximum atomic E-state index is 11.5. The van der Waals surface area contributed by atoms with E-state index in [-0.39, 0.29) is 33.6 Å². The lowest BCUT2D eigenvalue weighted by Crippen LogP contribution is -2.03. The number of hydrogen-bond donors (Lipinski definition) is 5. The SMILES string of the molecule is Nc1cc(S(=O)(=O)O)cc2cc(SOOO)c(N=Nc3ccc(COOSCOS(=O)(=O)O)cc3)c(O)c12. The van der Waals surface area contributed by atoms with E-state index in [2.05, 4.69) is 28.1 Å². The van der Waals surface area contributed by atoms with Crippen LogP contribution in [-0.4, -0.2) is 42.2 Å². The maximum Gasteiger partial charge on any atom is 0.398 e. The molecule has 206 valence electrons. The van der Waals surface area contributed by atoms with Gasteiger partial charge in [-0.1, -0.05) is 17.2 Å². The third-order valence-corrected chi connectivity index (χ3v) is 6.80. The fraction of sp³-hybridized carbons (Fsp3) is 0.111. The molecule has 6 N–H and O–H groups in total. The zero-order valence-electron chi connectivity index (χ0n) is 18.5. The monoisotopic (exact) mass is 611 g/mol. The van der Waals surface area contributed by atoms with E-state index in [1.807, 2.05) is 0 Å². The van der Waals surface area contributed by atoms with Crippen LogP contribution >= 0.6 is 24.1 Å². The molecule has 0 heterocycles. The zero-order chi connectivity index (χ0) is 27.9. The number of phenolic OH excluding ortho intramolecular Hbond substituents is 1. The maximum absolute atomic E-state index is 11.5. The molecule has 0 radical (unpaired) electrons. The van der Waals surface area contributed by atoms with Crippen LogP contribution in [0.1, 0.15) is 5.56 Å². The normalized spacial score (nSPS) is 12.5. The van der Waals surface area contributed by atoms with Crippen molar-refractivity contribution in [1.82, 2.24) is 0 Å². The largest absolute Gasteiger partial charge is 0.505 e. The predicted octanol–water partition coefficient (Wildman–Crippen LogP) is 4.09. The minimum atomic E-state index is -4.60. The molecule has 3 rings (SSSR count). The molecule has 0 fully saturated rings. The quantitative estimate of drug-likeness (QED) is 0.0267. The summed E-state index contributed by atoms with van der Waals surface area (Å²) in [4.78, 5) is 4.39. The minimum absolute atomic E-state index is 0.0213. The van der Waals surface area contributed by atoms with E-state index in [1.165, 1.54) is 6.07 Å². The van der Waals surface area contributed by atoms with Crippen molar-refractivity contribution in [2.45, 2.75) is 16.4 Å². The highest BCUT2D eigenvalue weighted by atomic mass is 32.3. The summed E-state index contributed by atoms with van der Waals surface area (Å²) in [5, 5.41) is 31.1. The second-order valence-corrected chi connectivity index (χ2v) is 10.7. The fourth-order valence-electron chi connectivity index (χ4n) is 2.84. The van der Waals surface area contributed by atoms with Gasteiger partial charge in [0.2, 0.25) is 0 Å². The number of anilines is 1. The second-order valence-electron chi connectivity index (χ2n) is 6.86. The molecule has 3 aromatic carbocycles. The summed E-state index contributed by atoms with van der Waals surface area (Å²) in [6.07, 6.45) is 0. The van der Waals surface area contributed by atoms with Crippen LogP contribution in [0.15, 0.2) is 62.5 Å². The summed E-state index contributed by atoms with van der Waals surface area (Å²) in [5.41, 5.74) is 6.53. The average Bonchev–Trinajstić information content (AvgIpc) is 2.83. The van der Waals surface area contributed by atoms with Crippen molar-refractivity contribution in [3.8, 4) is 5.75 Å². The van der Waals surface area contributed by atoms with E-state index < -0.39 is 37.1 Å². The number of azo groups is 1. The molecule has 0 bridgehead atoms.